The maximum atomic E-state index is 11.0. The fourth-order valence-corrected chi connectivity index (χ4v) is 0.918. The van der Waals surface area contributed by atoms with Crippen molar-refractivity contribution in [2.24, 2.45) is 5.84 Å². The van der Waals surface area contributed by atoms with E-state index in [-0.39, 0.29) is 5.91 Å². The Balaban J connectivity index is 3.05. The lowest BCUT2D eigenvalue weighted by molar-refractivity contribution is 0.0953. The minimum Gasteiger partial charge on any atom is -0.398 e. The highest BCUT2D eigenvalue weighted by atomic mass is 32.1. The van der Waals surface area contributed by atoms with Gasteiger partial charge in [-0.15, -0.1) is 12.6 Å². The van der Waals surface area contributed by atoms with Gasteiger partial charge in [0.25, 0.3) is 5.91 Å². The van der Waals surface area contributed by atoms with Crippen molar-refractivity contribution in [1.82, 2.24) is 5.43 Å². The molecule has 0 aliphatic heterocycles. The molecule has 0 aromatic heterocycles. The monoisotopic (exact) mass is 183 g/mol. The lowest BCUT2D eigenvalue weighted by Gasteiger charge is -2.02. The molecule has 0 saturated heterocycles. The summed E-state index contributed by atoms with van der Waals surface area (Å²) in [5, 5.41) is 0. The third-order valence-electron chi connectivity index (χ3n) is 1.42. The fourth-order valence-electron chi connectivity index (χ4n) is 0.779. The van der Waals surface area contributed by atoms with Crippen LogP contribution < -0.4 is 17.0 Å². The number of hydrazine groups is 1. The zero-order valence-corrected chi connectivity index (χ0v) is 7.14. The number of hydrogen-bond acceptors (Lipinski definition) is 4. The second-order valence-electron chi connectivity index (χ2n) is 2.25. The number of anilines is 1. The van der Waals surface area contributed by atoms with Gasteiger partial charge >= 0.3 is 0 Å². The first-order valence-electron chi connectivity index (χ1n) is 3.24. The van der Waals surface area contributed by atoms with Crippen LogP contribution in [0.25, 0.3) is 0 Å². The average Bonchev–Trinajstić information content (AvgIpc) is 2.08. The summed E-state index contributed by atoms with van der Waals surface area (Å²) in [6.07, 6.45) is 0. The lowest BCUT2D eigenvalue weighted by atomic mass is 10.2. The smallest absolute Gasteiger partial charge is 0.265 e. The van der Waals surface area contributed by atoms with Crippen LogP contribution >= 0.6 is 12.6 Å². The highest BCUT2D eigenvalue weighted by Gasteiger charge is 2.03. The Morgan fingerprint density at radius 3 is 2.67 bits per heavy atom. The number of carbonyl (C=O) groups is 1. The number of hydrogen-bond donors (Lipinski definition) is 4. The van der Waals surface area contributed by atoms with Crippen molar-refractivity contribution in [3.05, 3.63) is 23.8 Å². The molecule has 0 fully saturated rings. The first kappa shape index (κ1) is 8.89. The quantitative estimate of drug-likeness (QED) is 0.165. The summed E-state index contributed by atoms with van der Waals surface area (Å²) in [4.78, 5) is 11.6. The first-order chi connectivity index (χ1) is 5.65. The molecule has 1 amide bonds. The number of nitrogens with two attached hydrogens (primary N) is 2. The molecule has 0 atom stereocenters. The Hall–Kier alpha value is -1.20. The van der Waals surface area contributed by atoms with E-state index in [0.717, 1.165) is 0 Å². The molecule has 0 aliphatic carbocycles. The molecule has 64 valence electrons. The Bertz CT molecular complexity index is 314. The number of nitrogens with one attached hydrogen (secondary N) is 1. The first-order valence-corrected chi connectivity index (χ1v) is 3.69. The standard InChI is InChI=1S/C7H9N3OS/c8-5-3-4(7(11)10-9)1-2-6(5)12/h1-3,12H,8-9H2,(H,10,11). The fraction of sp³-hybridized carbons (Fsp3) is 0. The maximum absolute atomic E-state index is 11.0. The minimum atomic E-state index is -0.366. The van der Waals surface area contributed by atoms with Crippen molar-refractivity contribution in [3.63, 3.8) is 0 Å². The number of benzene rings is 1. The Morgan fingerprint density at radius 1 is 1.50 bits per heavy atom. The SMILES string of the molecule is NNC(=O)c1ccc(S)c(N)c1. The Morgan fingerprint density at radius 2 is 2.17 bits per heavy atom. The normalized spacial score (nSPS) is 9.50. The zero-order valence-electron chi connectivity index (χ0n) is 6.24. The number of nitrogen functional groups attached to an aromatic ring is 2. The van der Waals surface area contributed by atoms with E-state index in [1.807, 2.05) is 5.43 Å². The zero-order chi connectivity index (χ0) is 9.14. The third-order valence-corrected chi connectivity index (χ3v) is 1.83. The van der Waals surface area contributed by atoms with Crippen molar-refractivity contribution in [2.75, 3.05) is 5.73 Å². The van der Waals surface area contributed by atoms with E-state index in [1.54, 1.807) is 12.1 Å². The van der Waals surface area contributed by atoms with Crippen molar-refractivity contribution >= 4 is 24.2 Å². The topological polar surface area (TPSA) is 81.1 Å². The van der Waals surface area contributed by atoms with Crippen LogP contribution in [0.5, 0.6) is 0 Å². The molecule has 0 bridgehead atoms. The van der Waals surface area contributed by atoms with Crippen LogP contribution in [0.4, 0.5) is 5.69 Å². The van der Waals surface area contributed by atoms with E-state index < -0.39 is 0 Å². The van der Waals surface area contributed by atoms with Crippen LogP contribution in [0.1, 0.15) is 10.4 Å². The van der Waals surface area contributed by atoms with Crippen LogP contribution in [-0.4, -0.2) is 5.91 Å². The highest BCUT2D eigenvalue weighted by Crippen LogP contribution is 2.17. The van der Waals surface area contributed by atoms with Crippen LogP contribution in [0, 0.1) is 0 Å². The highest BCUT2D eigenvalue weighted by molar-refractivity contribution is 7.80. The van der Waals surface area contributed by atoms with Gasteiger partial charge in [0.15, 0.2) is 0 Å². The van der Waals surface area contributed by atoms with Crippen molar-refractivity contribution in [3.8, 4) is 0 Å². The molecule has 5 N–H and O–H groups in total. The van der Waals surface area contributed by atoms with Gasteiger partial charge in [0.1, 0.15) is 0 Å². The molecular weight excluding hydrogens is 174 g/mol. The van der Waals surface area contributed by atoms with Crippen LogP contribution in [-0.2, 0) is 0 Å². The summed E-state index contributed by atoms with van der Waals surface area (Å²) in [5.41, 5.74) is 8.41. The molecule has 0 unspecified atom stereocenters. The Kier molecular flexibility index (Phi) is 2.57. The Labute approximate surface area is 75.3 Å². The maximum Gasteiger partial charge on any atom is 0.265 e. The second-order valence-corrected chi connectivity index (χ2v) is 2.73. The van der Waals surface area contributed by atoms with Gasteiger partial charge in [-0.05, 0) is 18.2 Å². The van der Waals surface area contributed by atoms with Crippen molar-refractivity contribution in [2.45, 2.75) is 4.90 Å². The number of carbonyl (C=O) groups excluding carboxylic acids is 1. The number of amides is 1. The van der Waals surface area contributed by atoms with Crippen molar-refractivity contribution < 1.29 is 4.79 Å². The molecule has 0 saturated carbocycles. The summed E-state index contributed by atoms with van der Waals surface area (Å²) >= 11 is 4.05. The van der Waals surface area contributed by atoms with E-state index >= 15 is 0 Å². The van der Waals surface area contributed by atoms with Crippen LogP contribution in [0.15, 0.2) is 23.1 Å². The summed E-state index contributed by atoms with van der Waals surface area (Å²) in [6, 6.07) is 4.76. The van der Waals surface area contributed by atoms with Gasteiger partial charge in [-0.1, -0.05) is 0 Å². The second kappa shape index (κ2) is 3.46. The van der Waals surface area contributed by atoms with E-state index in [2.05, 4.69) is 12.6 Å². The number of rotatable bonds is 1. The van der Waals surface area contributed by atoms with Gasteiger partial charge < -0.3 is 5.73 Å². The molecule has 1 aromatic carbocycles. The van der Waals surface area contributed by atoms with Gasteiger partial charge in [-0.2, -0.15) is 0 Å². The summed E-state index contributed by atoms with van der Waals surface area (Å²) in [5.74, 6) is 4.57. The van der Waals surface area contributed by atoms with Gasteiger partial charge in [-0.3, -0.25) is 10.2 Å². The molecule has 5 heteroatoms. The molecular formula is C7H9N3OS. The van der Waals surface area contributed by atoms with Gasteiger partial charge in [0.05, 0.1) is 0 Å². The molecule has 4 nitrogen and oxygen atoms in total. The summed E-state index contributed by atoms with van der Waals surface area (Å²) < 4.78 is 0. The minimum absolute atomic E-state index is 0.366. The molecule has 0 radical (unpaired) electrons. The van der Waals surface area contributed by atoms with E-state index in [4.69, 9.17) is 11.6 Å². The molecule has 1 rings (SSSR count). The molecule has 12 heavy (non-hydrogen) atoms. The molecule has 1 aromatic rings. The molecule has 0 aliphatic rings. The van der Waals surface area contributed by atoms with E-state index in [0.29, 0.717) is 16.1 Å². The third kappa shape index (κ3) is 1.69. The number of thiol groups is 1. The largest absolute Gasteiger partial charge is 0.398 e. The average molecular weight is 183 g/mol. The van der Waals surface area contributed by atoms with Gasteiger partial charge in [0.2, 0.25) is 0 Å². The van der Waals surface area contributed by atoms with Crippen LogP contribution in [0.3, 0.4) is 0 Å². The lowest BCUT2D eigenvalue weighted by Crippen LogP contribution is -2.29. The molecule has 0 heterocycles. The molecule has 0 spiro atoms. The predicted octanol–water partition coefficient (Wildman–Crippen LogP) is 0.161. The van der Waals surface area contributed by atoms with Crippen molar-refractivity contribution in [1.29, 1.82) is 0 Å². The summed E-state index contributed by atoms with van der Waals surface area (Å²) in [7, 11) is 0. The van der Waals surface area contributed by atoms with Gasteiger partial charge in [-0.25, -0.2) is 5.84 Å². The van der Waals surface area contributed by atoms with Crippen LogP contribution in [0.2, 0.25) is 0 Å². The predicted molar refractivity (Wildman–Crippen MR) is 49.8 cm³/mol. The summed E-state index contributed by atoms with van der Waals surface area (Å²) in [6.45, 7) is 0. The van der Waals surface area contributed by atoms with Gasteiger partial charge in [0, 0.05) is 16.1 Å². The van der Waals surface area contributed by atoms with E-state index in [1.165, 1.54) is 6.07 Å². The van der Waals surface area contributed by atoms with E-state index in [9.17, 15) is 4.79 Å².